The molecule has 4 rings (SSSR count). The van der Waals surface area contributed by atoms with Crippen LogP contribution in [0.5, 0.6) is 5.75 Å². The molecule has 0 radical (unpaired) electrons. The Hall–Kier alpha value is -2.76. The number of amides is 2. The maximum absolute atomic E-state index is 12.7. The van der Waals surface area contributed by atoms with Crippen molar-refractivity contribution in [2.24, 2.45) is 5.41 Å². The third kappa shape index (κ3) is 5.10. The number of carbonyl (C=O) groups is 1. The van der Waals surface area contributed by atoms with E-state index in [0.29, 0.717) is 58.9 Å². The second kappa shape index (κ2) is 9.24. The number of urea groups is 1. The molecule has 10 heteroatoms. The summed E-state index contributed by atoms with van der Waals surface area (Å²) in [5.74, 6) is 0.534. The Bertz CT molecular complexity index is 1130. The number of rotatable bonds is 6. The molecular formula is C23H26Cl2N6O2. The van der Waals surface area contributed by atoms with Gasteiger partial charge in [-0.15, -0.1) is 0 Å². The molecule has 1 aliphatic heterocycles. The molecule has 1 fully saturated rings. The highest BCUT2D eigenvalue weighted by atomic mass is 35.5. The van der Waals surface area contributed by atoms with Gasteiger partial charge in [0.15, 0.2) is 0 Å². The highest BCUT2D eigenvalue weighted by molar-refractivity contribution is 6.37. The first-order valence-corrected chi connectivity index (χ1v) is 11.7. The molecule has 0 unspecified atom stereocenters. The molecule has 2 aromatic rings. The fourth-order valence-corrected chi connectivity index (χ4v) is 4.37. The van der Waals surface area contributed by atoms with Crippen LogP contribution in [0, 0.1) is 16.7 Å². The standard InChI is InChI=1S/C23H26Cl2N6O2/c1-23(2,12-26)6-7-33-18-9-13(24)8-16(25)19(18)20-15-10-31(11-17(15)29-21(27)30-20)22(32)28-14-4-3-5-14/h8-9,14H,3-7,10-11H2,1-2H3,(H,28,32)(H2,27,29,30). The number of aromatic nitrogens is 2. The summed E-state index contributed by atoms with van der Waals surface area (Å²) in [7, 11) is 0. The van der Waals surface area contributed by atoms with Crippen molar-refractivity contribution in [3.8, 4) is 23.1 Å². The number of nitriles is 1. The van der Waals surface area contributed by atoms with E-state index in [0.717, 1.165) is 24.8 Å². The number of fused-ring (bicyclic) bond motifs is 1. The molecule has 1 saturated carbocycles. The van der Waals surface area contributed by atoms with Crippen LogP contribution in [0.4, 0.5) is 10.7 Å². The average Bonchev–Trinajstić information content (AvgIpc) is 3.14. The van der Waals surface area contributed by atoms with E-state index in [2.05, 4.69) is 21.4 Å². The molecule has 0 bridgehead atoms. The number of hydrogen-bond acceptors (Lipinski definition) is 6. The molecule has 33 heavy (non-hydrogen) atoms. The minimum Gasteiger partial charge on any atom is -0.493 e. The SMILES string of the molecule is CC(C)(C#N)CCOc1cc(Cl)cc(Cl)c1-c1nc(N)nc2c1CN(C(=O)NC1CCC1)C2. The Labute approximate surface area is 203 Å². The number of carbonyl (C=O) groups excluding carboxylic acids is 1. The van der Waals surface area contributed by atoms with Crippen molar-refractivity contribution >= 4 is 35.2 Å². The number of halogens is 2. The van der Waals surface area contributed by atoms with Gasteiger partial charge in [0, 0.05) is 16.6 Å². The lowest BCUT2D eigenvalue weighted by Crippen LogP contribution is -2.45. The van der Waals surface area contributed by atoms with Gasteiger partial charge in [-0.3, -0.25) is 0 Å². The lowest BCUT2D eigenvalue weighted by Gasteiger charge is -2.28. The van der Waals surface area contributed by atoms with Gasteiger partial charge in [0.05, 0.1) is 53.2 Å². The first kappa shape index (κ1) is 23.4. The Balaban J connectivity index is 1.65. The second-order valence-electron chi connectivity index (χ2n) is 9.14. The Morgan fingerprint density at radius 2 is 2.09 bits per heavy atom. The molecule has 2 aliphatic rings. The van der Waals surface area contributed by atoms with Crippen LogP contribution in [-0.2, 0) is 13.1 Å². The van der Waals surface area contributed by atoms with Crippen molar-refractivity contribution in [1.29, 1.82) is 5.26 Å². The number of benzene rings is 1. The minimum atomic E-state index is -0.530. The molecular weight excluding hydrogens is 463 g/mol. The van der Waals surface area contributed by atoms with Gasteiger partial charge in [-0.1, -0.05) is 23.2 Å². The molecule has 2 heterocycles. The predicted molar refractivity (Wildman–Crippen MR) is 127 cm³/mol. The van der Waals surface area contributed by atoms with Crippen molar-refractivity contribution in [3.63, 3.8) is 0 Å². The number of nitrogens with zero attached hydrogens (tertiary/aromatic N) is 4. The van der Waals surface area contributed by atoms with Crippen molar-refractivity contribution in [2.45, 2.75) is 58.7 Å². The van der Waals surface area contributed by atoms with Crippen molar-refractivity contribution in [3.05, 3.63) is 33.4 Å². The highest BCUT2D eigenvalue weighted by Gasteiger charge is 2.32. The van der Waals surface area contributed by atoms with E-state index in [1.165, 1.54) is 0 Å². The maximum Gasteiger partial charge on any atom is 0.318 e. The van der Waals surface area contributed by atoms with E-state index in [-0.39, 0.29) is 18.0 Å². The van der Waals surface area contributed by atoms with Crippen LogP contribution in [0.2, 0.25) is 10.0 Å². The van der Waals surface area contributed by atoms with Crippen LogP contribution in [0.3, 0.4) is 0 Å². The largest absolute Gasteiger partial charge is 0.493 e. The first-order chi connectivity index (χ1) is 15.7. The average molecular weight is 489 g/mol. The van der Waals surface area contributed by atoms with Crippen LogP contribution in [0.25, 0.3) is 11.3 Å². The summed E-state index contributed by atoms with van der Waals surface area (Å²) in [6.45, 7) is 4.67. The van der Waals surface area contributed by atoms with Gasteiger partial charge in [-0.25, -0.2) is 14.8 Å². The zero-order valence-corrected chi connectivity index (χ0v) is 20.1. The highest BCUT2D eigenvalue weighted by Crippen LogP contribution is 2.42. The Kier molecular flexibility index (Phi) is 6.55. The quantitative estimate of drug-likeness (QED) is 0.594. The molecule has 0 spiro atoms. The maximum atomic E-state index is 12.7. The van der Waals surface area contributed by atoms with Crippen LogP contribution in [0.1, 0.15) is 50.8 Å². The third-order valence-electron chi connectivity index (χ3n) is 6.06. The van der Waals surface area contributed by atoms with Crippen LogP contribution >= 0.6 is 23.2 Å². The Morgan fingerprint density at radius 3 is 2.76 bits per heavy atom. The fourth-order valence-electron chi connectivity index (χ4n) is 3.81. The number of ether oxygens (including phenoxy) is 1. The Morgan fingerprint density at radius 1 is 1.33 bits per heavy atom. The van der Waals surface area contributed by atoms with E-state index in [9.17, 15) is 10.1 Å². The minimum absolute atomic E-state index is 0.0904. The van der Waals surface area contributed by atoms with Gasteiger partial charge in [0.25, 0.3) is 0 Å². The summed E-state index contributed by atoms with van der Waals surface area (Å²) in [6.07, 6.45) is 3.68. The van der Waals surface area contributed by atoms with Gasteiger partial charge in [0.2, 0.25) is 5.95 Å². The van der Waals surface area contributed by atoms with Gasteiger partial charge >= 0.3 is 6.03 Å². The lowest BCUT2D eigenvalue weighted by atomic mass is 9.92. The summed E-state index contributed by atoms with van der Waals surface area (Å²) >= 11 is 12.9. The van der Waals surface area contributed by atoms with E-state index >= 15 is 0 Å². The van der Waals surface area contributed by atoms with Gasteiger partial charge in [0.1, 0.15) is 5.75 Å². The zero-order valence-electron chi connectivity index (χ0n) is 18.6. The number of hydrogen-bond donors (Lipinski definition) is 2. The monoisotopic (exact) mass is 488 g/mol. The predicted octanol–water partition coefficient (Wildman–Crippen LogP) is 4.93. The molecule has 0 saturated heterocycles. The van der Waals surface area contributed by atoms with Crippen molar-refractivity contribution in [2.75, 3.05) is 12.3 Å². The summed E-state index contributed by atoms with van der Waals surface area (Å²) in [5.41, 5.74) is 8.02. The third-order valence-corrected chi connectivity index (χ3v) is 6.58. The number of nitrogen functional groups attached to an aromatic ring is 1. The zero-order chi connectivity index (χ0) is 23.8. The first-order valence-electron chi connectivity index (χ1n) is 10.9. The molecule has 8 nitrogen and oxygen atoms in total. The summed E-state index contributed by atoms with van der Waals surface area (Å²) in [5, 5.41) is 13.1. The van der Waals surface area contributed by atoms with E-state index in [4.69, 9.17) is 33.7 Å². The smallest absolute Gasteiger partial charge is 0.318 e. The molecule has 0 atom stereocenters. The fraction of sp³-hybridized carbons (Fsp3) is 0.478. The van der Waals surface area contributed by atoms with Gasteiger partial charge < -0.3 is 20.7 Å². The summed E-state index contributed by atoms with van der Waals surface area (Å²) < 4.78 is 6.03. The van der Waals surface area contributed by atoms with Crippen molar-refractivity contribution in [1.82, 2.24) is 20.2 Å². The van der Waals surface area contributed by atoms with Crippen LogP contribution < -0.4 is 15.8 Å². The van der Waals surface area contributed by atoms with E-state index < -0.39 is 5.41 Å². The molecule has 1 aromatic carbocycles. The summed E-state index contributed by atoms with van der Waals surface area (Å²) in [4.78, 5) is 23.3. The molecule has 174 valence electrons. The second-order valence-corrected chi connectivity index (χ2v) is 9.99. The number of nitrogens with two attached hydrogens (primary N) is 1. The van der Waals surface area contributed by atoms with Crippen LogP contribution in [0.15, 0.2) is 12.1 Å². The summed E-state index contributed by atoms with van der Waals surface area (Å²) in [6, 6.07) is 5.66. The van der Waals surface area contributed by atoms with Gasteiger partial charge in [-0.2, -0.15) is 5.26 Å². The van der Waals surface area contributed by atoms with Crippen molar-refractivity contribution < 1.29 is 9.53 Å². The lowest BCUT2D eigenvalue weighted by molar-refractivity contribution is 0.186. The normalized spacial score (nSPS) is 15.5. The molecule has 2 amide bonds. The molecule has 1 aromatic heterocycles. The molecule has 1 aliphatic carbocycles. The number of anilines is 1. The van der Waals surface area contributed by atoms with Crippen LogP contribution in [-0.4, -0.2) is 33.5 Å². The van der Waals surface area contributed by atoms with E-state index in [1.807, 2.05) is 13.8 Å². The number of nitrogens with one attached hydrogen (secondary N) is 1. The van der Waals surface area contributed by atoms with E-state index in [1.54, 1.807) is 17.0 Å². The van der Waals surface area contributed by atoms with Gasteiger partial charge in [-0.05, 0) is 51.7 Å². The topological polar surface area (TPSA) is 117 Å². The molecule has 3 N–H and O–H groups in total.